The third-order valence-electron chi connectivity index (χ3n) is 5.41. The Labute approximate surface area is 236 Å². The molecular formula is C32H51N3O4. The summed E-state index contributed by atoms with van der Waals surface area (Å²) in [6.07, 6.45) is 3.59. The van der Waals surface area contributed by atoms with Crippen LogP contribution in [0.1, 0.15) is 86.1 Å². The number of carbonyl (C=O) groups excluding carboxylic acids is 3. The Morgan fingerprint density at radius 1 is 0.949 bits per heavy atom. The highest BCUT2D eigenvalue weighted by atomic mass is 16.5. The topological polar surface area (TPSA) is 102 Å². The van der Waals surface area contributed by atoms with Crippen LogP contribution in [0.3, 0.4) is 0 Å². The normalized spacial score (nSPS) is 10.8. The Bertz CT molecular complexity index is 947. The van der Waals surface area contributed by atoms with Gasteiger partial charge in [-0.3, -0.25) is 14.4 Å². The zero-order valence-electron chi connectivity index (χ0n) is 25.2. The van der Waals surface area contributed by atoms with Gasteiger partial charge in [-0.2, -0.15) is 0 Å². The second kappa shape index (κ2) is 21.6. The molecule has 0 aromatic heterocycles. The summed E-state index contributed by atoms with van der Waals surface area (Å²) in [6.45, 7) is 15.2. The summed E-state index contributed by atoms with van der Waals surface area (Å²) in [4.78, 5) is 38.6. The zero-order chi connectivity index (χ0) is 29.6. The maximum absolute atomic E-state index is 12.9. The van der Waals surface area contributed by atoms with Crippen LogP contribution in [0.15, 0.2) is 54.6 Å². The van der Waals surface area contributed by atoms with Crippen LogP contribution in [0, 0.1) is 11.8 Å². The molecule has 0 heterocycles. The number of para-hydroxylation sites is 1. The number of ether oxygens (including phenoxy) is 1. The average molecular weight is 542 g/mol. The van der Waals surface area contributed by atoms with Crippen LogP contribution in [0.5, 0.6) is 11.5 Å². The molecular weight excluding hydrogens is 490 g/mol. The van der Waals surface area contributed by atoms with Crippen LogP contribution < -0.4 is 15.8 Å². The van der Waals surface area contributed by atoms with Gasteiger partial charge < -0.3 is 20.7 Å². The maximum Gasteiger partial charge on any atom is 0.242 e. The van der Waals surface area contributed by atoms with Gasteiger partial charge in [-0.1, -0.05) is 91.6 Å². The van der Waals surface area contributed by atoms with Crippen LogP contribution in [0.25, 0.3) is 0 Å². The minimum Gasteiger partial charge on any atom is -0.457 e. The first-order chi connectivity index (χ1) is 18.7. The number of rotatable bonds is 14. The van der Waals surface area contributed by atoms with Gasteiger partial charge in [0.05, 0.1) is 6.54 Å². The molecule has 2 aromatic carbocycles. The Balaban J connectivity index is 0.00000269. The molecule has 0 aliphatic rings. The lowest BCUT2D eigenvalue weighted by atomic mass is 9.93. The van der Waals surface area contributed by atoms with Crippen LogP contribution in [-0.4, -0.2) is 35.7 Å². The summed E-state index contributed by atoms with van der Waals surface area (Å²) in [5, 5.41) is 2.67. The first-order valence-electron chi connectivity index (χ1n) is 14.4. The third-order valence-corrected chi connectivity index (χ3v) is 5.41. The molecule has 7 heteroatoms. The number of hydrogen-bond donors (Lipinski definition) is 2. The van der Waals surface area contributed by atoms with Crippen molar-refractivity contribution in [2.24, 2.45) is 17.6 Å². The molecule has 218 valence electrons. The van der Waals surface area contributed by atoms with Gasteiger partial charge in [-0.05, 0) is 48.6 Å². The van der Waals surface area contributed by atoms with Gasteiger partial charge in [-0.25, -0.2) is 0 Å². The average Bonchev–Trinajstić information content (AvgIpc) is 2.91. The molecule has 0 aliphatic heterocycles. The van der Waals surface area contributed by atoms with Crippen LogP contribution in [0.2, 0.25) is 0 Å². The van der Waals surface area contributed by atoms with E-state index in [1.165, 1.54) is 6.42 Å². The summed E-state index contributed by atoms with van der Waals surface area (Å²) < 4.78 is 5.91. The molecule has 0 saturated heterocycles. The van der Waals surface area contributed by atoms with E-state index >= 15 is 0 Å². The minimum atomic E-state index is -0.529. The summed E-state index contributed by atoms with van der Waals surface area (Å²) in [7, 11) is 0. The Kier molecular flexibility index (Phi) is 19.7. The van der Waals surface area contributed by atoms with Crippen molar-refractivity contribution in [2.45, 2.75) is 87.1 Å². The summed E-state index contributed by atoms with van der Waals surface area (Å²) >= 11 is 0. The molecule has 7 nitrogen and oxygen atoms in total. The molecule has 0 fully saturated rings. The molecule has 2 rings (SSSR count). The molecule has 1 unspecified atom stereocenters. The van der Waals surface area contributed by atoms with Gasteiger partial charge in [0.2, 0.25) is 17.7 Å². The fourth-order valence-electron chi connectivity index (χ4n) is 3.64. The summed E-state index contributed by atoms with van der Waals surface area (Å²) in [5.74, 6) is 0.159. The number of unbranched alkanes of at least 4 members (excludes halogenated alkanes) is 1. The lowest BCUT2D eigenvalue weighted by molar-refractivity contribution is -0.134. The van der Waals surface area contributed by atoms with E-state index in [1.54, 1.807) is 4.90 Å². The van der Waals surface area contributed by atoms with Crippen molar-refractivity contribution < 1.29 is 19.1 Å². The first kappa shape index (κ1) is 35.6. The van der Waals surface area contributed by atoms with Gasteiger partial charge in [0, 0.05) is 25.4 Å². The SMILES string of the molecule is CC.CCC.CCCCN(Cc1cccc(Oc2ccccc2)c1)C(=O)CNC(=O)CC(CC(C)C)C(N)=O. The fourth-order valence-corrected chi connectivity index (χ4v) is 3.64. The number of benzene rings is 2. The Morgan fingerprint density at radius 3 is 2.13 bits per heavy atom. The lowest BCUT2D eigenvalue weighted by Gasteiger charge is -2.23. The third kappa shape index (κ3) is 16.3. The first-order valence-corrected chi connectivity index (χ1v) is 14.4. The van der Waals surface area contributed by atoms with E-state index in [9.17, 15) is 14.4 Å². The van der Waals surface area contributed by atoms with E-state index in [1.807, 2.05) is 82.3 Å². The molecule has 2 aromatic rings. The summed E-state index contributed by atoms with van der Waals surface area (Å²) in [5.41, 5.74) is 6.37. The quantitative estimate of drug-likeness (QED) is 0.278. The molecule has 0 aliphatic carbocycles. The standard InChI is InChI=1S/C27H37N3O4.C3H8.C2H6/c1-4-5-14-30(26(32)18-29-25(31)17-22(27(28)33)15-20(2)3)19-21-10-9-13-24(16-21)34-23-11-7-6-8-12-23;1-3-2;1-2/h6-13,16,20,22H,4-5,14-15,17-19H2,1-3H3,(H2,28,33)(H,29,31);3H2,1-2H3;1-2H3. The van der Waals surface area contributed by atoms with Crippen molar-refractivity contribution in [3.63, 3.8) is 0 Å². The predicted molar refractivity (Wildman–Crippen MR) is 160 cm³/mol. The van der Waals surface area contributed by atoms with Crippen molar-refractivity contribution in [1.82, 2.24) is 10.2 Å². The highest BCUT2D eigenvalue weighted by Crippen LogP contribution is 2.22. The number of carbonyl (C=O) groups is 3. The Hall–Kier alpha value is -3.35. The molecule has 3 amide bonds. The van der Waals surface area contributed by atoms with E-state index < -0.39 is 11.8 Å². The second-order valence-electron chi connectivity index (χ2n) is 9.65. The number of hydrogen-bond acceptors (Lipinski definition) is 4. The molecule has 1 atom stereocenters. The second-order valence-corrected chi connectivity index (χ2v) is 9.65. The van der Waals surface area contributed by atoms with Gasteiger partial charge >= 0.3 is 0 Å². The van der Waals surface area contributed by atoms with Crippen molar-refractivity contribution in [2.75, 3.05) is 13.1 Å². The van der Waals surface area contributed by atoms with Gasteiger partial charge in [0.15, 0.2) is 0 Å². The van der Waals surface area contributed by atoms with Crippen LogP contribution >= 0.6 is 0 Å². The Morgan fingerprint density at radius 2 is 1.56 bits per heavy atom. The zero-order valence-corrected chi connectivity index (χ0v) is 25.2. The molecule has 0 spiro atoms. The predicted octanol–water partition coefficient (Wildman–Crippen LogP) is 6.70. The van der Waals surface area contributed by atoms with Crippen molar-refractivity contribution in [3.05, 3.63) is 60.2 Å². The van der Waals surface area contributed by atoms with Gasteiger partial charge in [-0.15, -0.1) is 0 Å². The number of nitrogens with one attached hydrogen (secondary N) is 1. The number of nitrogens with two attached hydrogens (primary N) is 1. The number of amides is 3. The van der Waals surface area contributed by atoms with Gasteiger partial charge in [0.25, 0.3) is 0 Å². The van der Waals surface area contributed by atoms with Crippen molar-refractivity contribution in [1.29, 1.82) is 0 Å². The van der Waals surface area contributed by atoms with Gasteiger partial charge in [0.1, 0.15) is 11.5 Å². The van der Waals surface area contributed by atoms with E-state index in [-0.39, 0.29) is 30.7 Å². The summed E-state index contributed by atoms with van der Waals surface area (Å²) in [6, 6.07) is 17.2. The fraction of sp³-hybridized carbons (Fsp3) is 0.531. The van der Waals surface area contributed by atoms with E-state index in [0.29, 0.717) is 25.3 Å². The van der Waals surface area contributed by atoms with E-state index in [2.05, 4.69) is 26.1 Å². The molecule has 3 N–H and O–H groups in total. The lowest BCUT2D eigenvalue weighted by Crippen LogP contribution is -2.41. The number of primary amides is 1. The highest BCUT2D eigenvalue weighted by molar-refractivity contribution is 5.88. The molecule has 0 bridgehead atoms. The minimum absolute atomic E-state index is 0.00533. The molecule has 0 radical (unpaired) electrons. The molecule has 39 heavy (non-hydrogen) atoms. The highest BCUT2D eigenvalue weighted by Gasteiger charge is 2.22. The molecule has 0 saturated carbocycles. The maximum atomic E-state index is 12.9. The monoisotopic (exact) mass is 541 g/mol. The van der Waals surface area contributed by atoms with Crippen molar-refractivity contribution >= 4 is 17.7 Å². The van der Waals surface area contributed by atoms with Crippen LogP contribution in [-0.2, 0) is 20.9 Å². The van der Waals surface area contributed by atoms with Crippen molar-refractivity contribution in [3.8, 4) is 11.5 Å². The largest absolute Gasteiger partial charge is 0.457 e. The van der Waals surface area contributed by atoms with Crippen LogP contribution in [0.4, 0.5) is 0 Å². The van der Waals surface area contributed by atoms with E-state index in [4.69, 9.17) is 10.5 Å². The number of nitrogens with zero attached hydrogens (tertiary/aromatic N) is 1. The van der Waals surface area contributed by atoms with E-state index in [0.717, 1.165) is 24.2 Å². The smallest absolute Gasteiger partial charge is 0.242 e.